The van der Waals surface area contributed by atoms with Gasteiger partial charge in [0.15, 0.2) is 5.75 Å². The maximum Gasteiger partial charge on any atom is 0.258 e. The standard InChI is InChI=1S/C20H21ClN2O2/c1-11-6-14(4-5-22-11)8-15-9-17-19(18(21)13(15)3)25-16-7-12(2)23(10-16)20(17)24/h4-6,9,12,16H,7-8,10H2,1-3H3/t12-,16-/m0/s1. The van der Waals surface area contributed by atoms with Gasteiger partial charge in [-0.05, 0) is 62.1 Å². The molecule has 3 heterocycles. The fourth-order valence-corrected chi connectivity index (χ4v) is 4.11. The molecule has 2 aliphatic heterocycles. The third kappa shape index (κ3) is 2.78. The highest BCUT2D eigenvalue weighted by atomic mass is 35.5. The van der Waals surface area contributed by atoms with Crippen molar-refractivity contribution in [3.8, 4) is 5.75 Å². The number of hydrogen-bond acceptors (Lipinski definition) is 3. The maximum absolute atomic E-state index is 13.0. The van der Waals surface area contributed by atoms with Crippen LogP contribution >= 0.6 is 11.6 Å². The van der Waals surface area contributed by atoms with Gasteiger partial charge in [0, 0.05) is 24.4 Å². The molecule has 0 saturated carbocycles. The van der Waals surface area contributed by atoms with Crippen molar-refractivity contribution in [2.75, 3.05) is 6.54 Å². The van der Waals surface area contributed by atoms with Crippen molar-refractivity contribution in [1.29, 1.82) is 0 Å². The number of pyridine rings is 1. The van der Waals surface area contributed by atoms with Gasteiger partial charge in [-0.15, -0.1) is 0 Å². The summed E-state index contributed by atoms with van der Waals surface area (Å²) in [7, 11) is 0. The summed E-state index contributed by atoms with van der Waals surface area (Å²) in [5.41, 5.74) is 4.75. The zero-order valence-corrected chi connectivity index (χ0v) is 15.4. The highest BCUT2D eigenvalue weighted by molar-refractivity contribution is 6.33. The Labute approximate surface area is 152 Å². The number of benzene rings is 1. The number of fused-ring (bicyclic) bond motifs is 3. The van der Waals surface area contributed by atoms with Crippen LogP contribution in [0.25, 0.3) is 0 Å². The smallest absolute Gasteiger partial charge is 0.258 e. The van der Waals surface area contributed by atoms with Crippen molar-refractivity contribution in [3.63, 3.8) is 0 Å². The summed E-state index contributed by atoms with van der Waals surface area (Å²) >= 11 is 6.62. The Hall–Kier alpha value is -2.07. The van der Waals surface area contributed by atoms with Crippen molar-refractivity contribution < 1.29 is 9.53 Å². The largest absolute Gasteiger partial charge is 0.486 e. The van der Waals surface area contributed by atoms with E-state index in [1.165, 1.54) is 0 Å². The molecule has 2 bridgehead atoms. The van der Waals surface area contributed by atoms with E-state index in [1.54, 1.807) is 0 Å². The first-order valence-corrected chi connectivity index (χ1v) is 9.03. The molecule has 0 N–H and O–H groups in total. The monoisotopic (exact) mass is 356 g/mol. The van der Waals surface area contributed by atoms with Gasteiger partial charge in [0.1, 0.15) is 6.10 Å². The molecule has 25 heavy (non-hydrogen) atoms. The molecule has 130 valence electrons. The van der Waals surface area contributed by atoms with E-state index < -0.39 is 0 Å². The van der Waals surface area contributed by atoms with Crippen LogP contribution in [0.15, 0.2) is 24.4 Å². The fourth-order valence-electron chi connectivity index (χ4n) is 3.84. The number of carbonyl (C=O) groups excluding carboxylic acids is 1. The second-order valence-electron chi connectivity index (χ2n) is 7.12. The molecular weight excluding hydrogens is 336 g/mol. The van der Waals surface area contributed by atoms with E-state index in [4.69, 9.17) is 16.3 Å². The van der Waals surface area contributed by atoms with E-state index in [0.29, 0.717) is 29.3 Å². The molecular formula is C20H21ClN2O2. The molecule has 0 unspecified atom stereocenters. The zero-order chi connectivity index (χ0) is 17.7. The molecule has 4 nitrogen and oxygen atoms in total. The minimum atomic E-state index is 0.0246. The summed E-state index contributed by atoms with van der Waals surface area (Å²) in [5.74, 6) is 0.579. The van der Waals surface area contributed by atoms with Crippen LogP contribution in [0.3, 0.4) is 0 Å². The van der Waals surface area contributed by atoms with E-state index >= 15 is 0 Å². The molecule has 0 spiro atoms. The average Bonchev–Trinajstić information content (AvgIpc) is 2.87. The SMILES string of the molecule is Cc1cc(Cc2cc3c(c(Cl)c2C)O[C@H]2C[C@H](C)N(C2)C3=O)ccn1. The van der Waals surface area contributed by atoms with Crippen molar-refractivity contribution >= 4 is 17.5 Å². The minimum absolute atomic E-state index is 0.0246. The first-order valence-electron chi connectivity index (χ1n) is 8.65. The topological polar surface area (TPSA) is 42.4 Å². The summed E-state index contributed by atoms with van der Waals surface area (Å²) < 4.78 is 6.12. The minimum Gasteiger partial charge on any atom is -0.486 e. The predicted octanol–water partition coefficient (Wildman–Crippen LogP) is 3.94. The molecule has 2 atom stereocenters. The van der Waals surface area contributed by atoms with Crippen molar-refractivity contribution in [2.45, 2.75) is 45.8 Å². The lowest BCUT2D eigenvalue weighted by molar-refractivity contribution is 0.0748. The van der Waals surface area contributed by atoms with Gasteiger partial charge in [-0.3, -0.25) is 9.78 Å². The van der Waals surface area contributed by atoms with E-state index in [2.05, 4.69) is 18.0 Å². The number of amides is 1. The van der Waals surface area contributed by atoms with E-state index in [-0.39, 0.29) is 18.1 Å². The Balaban J connectivity index is 1.79. The van der Waals surface area contributed by atoms with E-state index in [9.17, 15) is 4.79 Å². The number of rotatable bonds is 2. The number of ether oxygens (including phenoxy) is 1. The number of aryl methyl sites for hydroxylation is 1. The first-order chi connectivity index (χ1) is 11.9. The average molecular weight is 357 g/mol. The van der Waals surface area contributed by atoms with Crippen LogP contribution < -0.4 is 4.74 Å². The van der Waals surface area contributed by atoms with Crippen molar-refractivity contribution in [2.24, 2.45) is 0 Å². The molecule has 5 heteroatoms. The Morgan fingerprint density at radius 2 is 2.16 bits per heavy atom. The van der Waals surface area contributed by atoms with Gasteiger partial charge in [-0.25, -0.2) is 0 Å². The third-order valence-electron chi connectivity index (χ3n) is 5.24. The van der Waals surface area contributed by atoms with Gasteiger partial charge >= 0.3 is 0 Å². The third-order valence-corrected chi connectivity index (χ3v) is 5.70. The van der Waals surface area contributed by atoms with Crippen LogP contribution in [-0.2, 0) is 6.42 Å². The van der Waals surface area contributed by atoms with Gasteiger partial charge in [0.05, 0.1) is 17.1 Å². The maximum atomic E-state index is 13.0. The van der Waals surface area contributed by atoms with E-state index in [0.717, 1.165) is 28.8 Å². The summed E-state index contributed by atoms with van der Waals surface area (Å²) in [4.78, 5) is 19.2. The van der Waals surface area contributed by atoms with Crippen molar-refractivity contribution in [3.05, 3.63) is 57.4 Å². The van der Waals surface area contributed by atoms with Gasteiger partial charge in [-0.2, -0.15) is 0 Å². The number of hydrogen-bond donors (Lipinski definition) is 0. The number of aromatic nitrogens is 1. The number of nitrogens with zero attached hydrogens (tertiary/aromatic N) is 2. The highest BCUT2D eigenvalue weighted by Gasteiger charge is 2.40. The Morgan fingerprint density at radius 1 is 1.36 bits per heavy atom. The summed E-state index contributed by atoms with van der Waals surface area (Å²) in [6.07, 6.45) is 3.42. The van der Waals surface area contributed by atoms with Crippen LogP contribution in [0, 0.1) is 13.8 Å². The molecule has 2 aliphatic rings. The Kier molecular flexibility index (Phi) is 3.95. The number of halogens is 1. The molecule has 1 saturated heterocycles. The lowest BCUT2D eigenvalue weighted by atomic mass is 9.96. The van der Waals surface area contributed by atoms with Gasteiger partial charge < -0.3 is 9.64 Å². The molecule has 2 aromatic rings. The van der Waals surface area contributed by atoms with Gasteiger partial charge in [-0.1, -0.05) is 11.6 Å². The quantitative estimate of drug-likeness (QED) is 0.818. The fraction of sp³-hybridized carbons (Fsp3) is 0.400. The molecule has 1 aromatic heterocycles. The van der Waals surface area contributed by atoms with E-state index in [1.807, 2.05) is 37.1 Å². The molecule has 0 radical (unpaired) electrons. The van der Waals surface area contributed by atoms with Crippen LogP contribution in [-0.4, -0.2) is 34.5 Å². The molecule has 4 rings (SSSR count). The van der Waals surface area contributed by atoms with Crippen molar-refractivity contribution in [1.82, 2.24) is 9.88 Å². The predicted molar refractivity (Wildman–Crippen MR) is 97.5 cm³/mol. The second kappa shape index (κ2) is 6.03. The molecule has 0 aliphatic carbocycles. The molecule has 1 aromatic carbocycles. The highest BCUT2D eigenvalue weighted by Crippen LogP contribution is 2.40. The number of carbonyl (C=O) groups is 1. The first kappa shape index (κ1) is 16.4. The van der Waals surface area contributed by atoms with Gasteiger partial charge in [0.2, 0.25) is 0 Å². The summed E-state index contributed by atoms with van der Waals surface area (Å²) in [6, 6.07) is 6.22. The van der Waals surface area contributed by atoms with Crippen LogP contribution in [0.1, 0.15) is 46.1 Å². The van der Waals surface area contributed by atoms with Crippen LogP contribution in [0.5, 0.6) is 5.75 Å². The van der Waals surface area contributed by atoms with Crippen LogP contribution in [0.4, 0.5) is 0 Å². The molecule has 1 fully saturated rings. The molecule has 1 amide bonds. The normalized spacial score (nSPS) is 21.8. The van der Waals surface area contributed by atoms with Crippen LogP contribution in [0.2, 0.25) is 5.02 Å². The summed E-state index contributed by atoms with van der Waals surface area (Å²) in [5, 5.41) is 0.563. The Bertz CT molecular complexity index is 865. The van der Waals surface area contributed by atoms with Gasteiger partial charge in [0.25, 0.3) is 5.91 Å². The Morgan fingerprint density at radius 3 is 2.92 bits per heavy atom. The summed E-state index contributed by atoms with van der Waals surface area (Å²) in [6.45, 7) is 6.68. The lowest BCUT2D eigenvalue weighted by Crippen LogP contribution is -2.33. The lowest BCUT2D eigenvalue weighted by Gasteiger charge is -2.23. The zero-order valence-electron chi connectivity index (χ0n) is 14.7. The second-order valence-corrected chi connectivity index (χ2v) is 7.49.